The Kier molecular flexibility index (Phi) is 5.60. The van der Waals surface area contributed by atoms with E-state index >= 15 is 0 Å². The zero-order valence-electron chi connectivity index (χ0n) is 12.4. The summed E-state index contributed by atoms with van der Waals surface area (Å²) in [5, 5.41) is 12.3. The maximum atomic E-state index is 11.0. The molecule has 1 atom stereocenters. The van der Waals surface area contributed by atoms with Crippen LogP contribution in [0.25, 0.3) is 6.08 Å². The zero-order chi connectivity index (χ0) is 15.8. The Bertz CT molecular complexity index is 621. The highest BCUT2D eigenvalue weighted by atomic mass is 16.5. The van der Waals surface area contributed by atoms with Crippen molar-refractivity contribution in [2.45, 2.75) is 12.5 Å². The Hall–Kier alpha value is -2.75. The highest BCUT2D eigenvalue weighted by Crippen LogP contribution is 2.17. The second-order valence-corrected chi connectivity index (χ2v) is 4.85. The largest absolute Gasteiger partial charge is 0.497 e. The first-order valence-electron chi connectivity index (χ1n) is 7.03. The van der Waals surface area contributed by atoms with Crippen molar-refractivity contribution in [3.05, 3.63) is 66.2 Å². The standard InChI is InChI=1S/C18H19NO3/c1-22-17-11-9-15(10-12-17)19-16(13-18(20)21)8-7-14-5-3-2-4-6-14/h2-12,16,19H,13H2,1H3,(H,20,21)/b8-7+/t16-/m0/s1. The molecule has 114 valence electrons. The fourth-order valence-corrected chi connectivity index (χ4v) is 2.05. The summed E-state index contributed by atoms with van der Waals surface area (Å²) in [6, 6.07) is 16.9. The van der Waals surface area contributed by atoms with Gasteiger partial charge in [0.05, 0.1) is 19.6 Å². The summed E-state index contributed by atoms with van der Waals surface area (Å²) >= 11 is 0. The lowest BCUT2D eigenvalue weighted by atomic mass is 10.1. The number of ether oxygens (including phenoxy) is 1. The fourth-order valence-electron chi connectivity index (χ4n) is 2.05. The third-order valence-electron chi connectivity index (χ3n) is 3.16. The molecule has 0 saturated carbocycles. The Morgan fingerprint density at radius 2 is 1.86 bits per heavy atom. The normalized spacial score (nSPS) is 12.0. The lowest BCUT2D eigenvalue weighted by Crippen LogP contribution is -2.20. The smallest absolute Gasteiger partial charge is 0.305 e. The summed E-state index contributed by atoms with van der Waals surface area (Å²) < 4.78 is 5.11. The quantitative estimate of drug-likeness (QED) is 0.818. The van der Waals surface area contributed by atoms with Gasteiger partial charge < -0.3 is 15.2 Å². The lowest BCUT2D eigenvalue weighted by Gasteiger charge is -2.15. The Morgan fingerprint density at radius 3 is 2.45 bits per heavy atom. The van der Waals surface area contributed by atoms with E-state index in [-0.39, 0.29) is 12.5 Å². The molecule has 0 aliphatic heterocycles. The second kappa shape index (κ2) is 7.88. The number of nitrogens with one attached hydrogen (secondary N) is 1. The molecule has 0 heterocycles. The summed E-state index contributed by atoms with van der Waals surface area (Å²) in [7, 11) is 1.61. The van der Waals surface area contributed by atoms with Crippen molar-refractivity contribution in [1.82, 2.24) is 0 Å². The molecule has 0 bridgehead atoms. The zero-order valence-corrected chi connectivity index (χ0v) is 12.4. The number of rotatable bonds is 7. The highest BCUT2D eigenvalue weighted by Gasteiger charge is 2.10. The van der Waals surface area contributed by atoms with Gasteiger partial charge in [0.15, 0.2) is 0 Å². The van der Waals surface area contributed by atoms with E-state index in [2.05, 4.69) is 5.32 Å². The summed E-state index contributed by atoms with van der Waals surface area (Å²) in [5.74, 6) is -0.0797. The Labute approximate surface area is 130 Å². The number of hydrogen-bond acceptors (Lipinski definition) is 3. The van der Waals surface area contributed by atoms with Crippen LogP contribution in [0.2, 0.25) is 0 Å². The van der Waals surface area contributed by atoms with Crippen molar-refractivity contribution < 1.29 is 14.6 Å². The van der Waals surface area contributed by atoms with Gasteiger partial charge in [0.25, 0.3) is 0 Å². The number of benzene rings is 2. The first-order chi connectivity index (χ1) is 10.7. The third kappa shape index (κ3) is 4.98. The van der Waals surface area contributed by atoms with Crippen LogP contribution in [-0.2, 0) is 4.79 Å². The molecule has 4 nitrogen and oxygen atoms in total. The first-order valence-corrected chi connectivity index (χ1v) is 7.03. The van der Waals surface area contributed by atoms with E-state index < -0.39 is 5.97 Å². The molecule has 2 aromatic carbocycles. The van der Waals surface area contributed by atoms with E-state index in [0.717, 1.165) is 17.0 Å². The summed E-state index contributed by atoms with van der Waals surface area (Å²) in [6.07, 6.45) is 3.80. The minimum Gasteiger partial charge on any atom is -0.497 e. The number of hydrogen-bond donors (Lipinski definition) is 2. The van der Waals surface area contributed by atoms with Crippen LogP contribution in [0.3, 0.4) is 0 Å². The van der Waals surface area contributed by atoms with Crippen LogP contribution in [-0.4, -0.2) is 24.2 Å². The summed E-state index contributed by atoms with van der Waals surface area (Å²) in [5.41, 5.74) is 1.89. The van der Waals surface area contributed by atoms with Crippen LogP contribution in [0.5, 0.6) is 5.75 Å². The highest BCUT2D eigenvalue weighted by molar-refractivity contribution is 5.69. The van der Waals surface area contributed by atoms with Crippen LogP contribution < -0.4 is 10.1 Å². The Morgan fingerprint density at radius 1 is 1.18 bits per heavy atom. The van der Waals surface area contributed by atoms with E-state index in [9.17, 15) is 4.79 Å². The molecule has 0 unspecified atom stereocenters. The molecule has 0 radical (unpaired) electrons. The number of anilines is 1. The average molecular weight is 297 g/mol. The van der Waals surface area contributed by atoms with Crippen LogP contribution in [0.4, 0.5) is 5.69 Å². The maximum Gasteiger partial charge on any atom is 0.305 e. The van der Waals surface area contributed by atoms with Gasteiger partial charge in [-0.25, -0.2) is 0 Å². The predicted octanol–water partition coefficient (Wildman–Crippen LogP) is 3.66. The van der Waals surface area contributed by atoms with E-state index in [1.165, 1.54) is 0 Å². The van der Waals surface area contributed by atoms with Gasteiger partial charge in [-0.05, 0) is 29.8 Å². The SMILES string of the molecule is COc1ccc(N[C@@H](/C=C/c2ccccc2)CC(=O)O)cc1. The van der Waals surface area contributed by atoms with Gasteiger partial charge in [0, 0.05) is 5.69 Å². The molecule has 4 heteroatoms. The van der Waals surface area contributed by atoms with Gasteiger partial charge in [-0.1, -0.05) is 42.5 Å². The van der Waals surface area contributed by atoms with Crippen LogP contribution in [0.15, 0.2) is 60.7 Å². The molecule has 2 N–H and O–H groups in total. The van der Waals surface area contributed by atoms with Crippen LogP contribution in [0, 0.1) is 0 Å². The van der Waals surface area contributed by atoms with Gasteiger partial charge in [0.2, 0.25) is 0 Å². The van der Waals surface area contributed by atoms with Crippen molar-refractivity contribution in [3.8, 4) is 5.75 Å². The molecule has 2 aromatic rings. The molecule has 0 fully saturated rings. The molecule has 0 saturated heterocycles. The van der Waals surface area contributed by atoms with E-state index in [1.807, 2.05) is 66.7 Å². The maximum absolute atomic E-state index is 11.0. The fraction of sp³-hybridized carbons (Fsp3) is 0.167. The van der Waals surface area contributed by atoms with Gasteiger partial charge in [-0.3, -0.25) is 4.79 Å². The Balaban J connectivity index is 2.08. The molecule has 2 rings (SSSR count). The molecule has 0 aliphatic rings. The van der Waals surface area contributed by atoms with Gasteiger partial charge >= 0.3 is 5.97 Å². The number of carboxylic acid groups (broad SMARTS) is 1. The number of methoxy groups -OCH3 is 1. The topological polar surface area (TPSA) is 58.6 Å². The van der Waals surface area contributed by atoms with Gasteiger partial charge in [0.1, 0.15) is 5.75 Å². The minimum absolute atomic E-state index is 0.00929. The molecule has 0 aliphatic carbocycles. The van der Waals surface area contributed by atoms with Gasteiger partial charge in [-0.2, -0.15) is 0 Å². The van der Waals surface area contributed by atoms with E-state index in [4.69, 9.17) is 9.84 Å². The average Bonchev–Trinajstić information content (AvgIpc) is 2.54. The van der Waals surface area contributed by atoms with E-state index in [1.54, 1.807) is 7.11 Å². The van der Waals surface area contributed by atoms with Crippen molar-refractivity contribution in [3.63, 3.8) is 0 Å². The number of aliphatic carboxylic acids is 1. The second-order valence-electron chi connectivity index (χ2n) is 4.85. The minimum atomic E-state index is -0.844. The molecular formula is C18H19NO3. The first kappa shape index (κ1) is 15.6. The molecule has 0 amide bonds. The monoisotopic (exact) mass is 297 g/mol. The number of carboxylic acids is 1. The van der Waals surface area contributed by atoms with Crippen molar-refractivity contribution >= 4 is 17.7 Å². The number of carbonyl (C=O) groups is 1. The molecule has 0 aromatic heterocycles. The van der Waals surface area contributed by atoms with Crippen molar-refractivity contribution in [2.24, 2.45) is 0 Å². The molecular weight excluding hydrogens is 278 g/mol. The van der Waals surface area contributed by atoms with Crippen LogP contribution in [0.1, 0.15) is 12.0 Å². The van der Waals surface area contributed by atoms with Crippen LogP contribution >= 0.6 is 0 Å². The summed E-state index contributed by atoms with van der Waals surface area (Å²) in [4.78, 5) is 11.0. The van der Waals surface area contributed by atoms with E-state index in [0.29, 0.717) is 0 Å². The molecule has 22 heavy (non-hydrogen) atoms. The molecule has 0 spiro atoms. The van der Waals surface area contributed by atoms with Crippen molar-refractivity contribution in [1.29, 1.82) is 0 Å². The van der Waals surface area contributed by atoms with Crippen molar-refractivity contribution in [2.75, 3.05) is 12.4 Å². The third-order valence-corrected chi connectivity index (χ3v) is 3.16. The lowest BCUT2D eigenvalue weighted by molar-refractivity contribution is -0.137. The van der Waals surface area contributed by atoms with Gasteiger partial charge in [-0.15, -0.1) is 0 Å². The summed E-state index contributed by atoms with van der Waals surface area (Å²) in [6.45, 7) is 0. The predicted molar refractivity (Wildman–Crippen MR) is 88.1 cm³/mol.